The van der Waals surface area contributed by atoms with E-state index >= 15 is 0 Å². The molecule has 0 aliphatic carbocycles. The Balaban J connectivity index is 1.89. The normalized spacial score (nSPS) is 20.5. The fourth-order valence-corrected chi connectivity index (χ4v) is 1.88. The highest BCUT2D eigenvalue weighted by Crippen LogP contribution is 2.10. The smallest absolute Gasteiger partial charge is 0.239 e. The number of rotatable bonds is 3. The fraction of sp³-hybridized carbons (Fsp3) is 0.545. The van der Waals surface area contributed by atoms with Gasteiger partial charge in [0.2, 0.25) is 5.91 Å². The van der Waals surface area contributed by atoms with Gasteiger partial charge in [0.1, 0.15) is 5.76 Å². The van der Waals surface area contributed by atoms with Gasteiger partial charge in [0.25, 0.3) is 0 Å². The Hall–Kier alpha value is -1.29. The zero-order valence-electron chi connectivity index (χ0n) is 8.90. The lowest BCUT2D eigenvalue weighted by atomic mass is 10.2. The molecule has 1 aliphatic rings. The molecule has 1 aliphatic heterocycles. The van der Waals surface area contributed by atoms with Gasteiger partial charge in [-0.15, -0.1) is 0 Å². The van der Waals surface area contributed by atoms with Crippen LogP contribution in [0.2, 0.25) is 0 Å². The molecule has 0 aromatic carbocycles. The molecule has 1 saturated heterocycles. The van der Waals surface area contributed by atoms with Crippen molar-refractivity contribution in [1.82, 2.24) is 10.2 Å². The van der Waals surface area contributed by atoms with E-state index in [1.807, 2.05) is 19.2 Å². The molecular weight excluding hydrogens is 192 g/mol. The molecule has 82 valence electrons. The number of hydrogen-bond donors (Lipinski definition) is 1. The Morgan fingerprint density at radius 2 is 2.60 bits per heavy atom. The van der Waals surface area contributed by atoms with Gasteiger partial charge in [-0.2, -0.15) is 0 Å². The van der Waals surface area contributed by atoms with Gasteiger partial charge in [-0.1, -0.05) is 0 Å². The van der Waals surface area contributed by atoms with Crippen molar-refractivity contribution in [1.29, 1.82) is 0 Å². The van der Waals surface area contributed by atoms with Crippen LogP contribution < -0.4 is 5.32 Å². The van der Waals surface area contributed by atoms with Crippen LogP contribution in [-0.4, -0.2) is 30.4 Å². The molecule has 2 rings (SSSR count). The van der Waals surface area contributed by atoms with E-state index in [-0.39, 0.29) is 11.9 Å². The Bertz CT molecular complexity index is 315. The van der Waals surface area contributed by atoms with Crippen LogP contribution in [0.4, 0.5) is 0 Å². The molecule has 0 radical (unpaired) electrons. The minimum absolute atomic E-state index is 0.00459. The van der Waals surface area contributed by atoms with E-state index in [0.29, 0.717) is 6.54 Å². The Morgan fingerprint density at radius 3 is 3.20 bits per heavy atom. The van der Waals surface area contributed by atoms with Gasteiger partial charge in [0.15, 0.2) is 0 Å². The van der Waals surface area contributed by atoms with Crippen LogP contribution in [0.1, 0.15) is 18.6 Å². The summed E-state index contributed by atoms with van der Waals surface area (Å²) >= 11 is 0. The third kappa shape index (κ3) is 2.39. The van der Waals surface area contributed by atoms with Crippen LogP contribution >= 0.6 is 0 Å². The first kappa shape index (κ1) is 10.2. The maximum absolute atomic E-state index is 11.9. The topological polar surface area (TPSA) is 45.5 Å². The van der Waals surface area contributed by atoms with Gasteiger partial charge < -0.3 is 14.6 Å². The third-order valence-corrected chi connectivity index (χ3v) is 2.71. The Labute approximate surface area is 89.2 Å². The van der Waals surface area contributed by atoms with Gasteiger partial charge in [-0.3, -0.25) is 4.79 Å². The number of carbonyl (C=O) groups is 1. The van der Waals surface area contributed by atoms with Crippen LogP contribution in [0.15, 0.2) is 22.8 Å². The lowest BCUT2D eigenvalue weighted by Gasteiger charge is -2.19. The molecule has 0 bridgehead atoms. The molecule has 1 N–H and O–H groups in total. The molecule has 15 heavy (non-hydrogen) atoms. The van der Waals surface area contributed by atoms with E-state index in [0.717, 1.165) is 25.1 Å². The molecule has 0 spiro atoms. The second-order valence-electron chi connectivity index (χ2n) is 3.92. The number of amides is 1. The summed E-state index contributed by atoms with van der Waals surface area (Å²) in [5.41, 5.74) is 0. The van der Waals surface area contributed by atoms with Crippen molar-refractivity contribution >= 4 is 5.91 Å². The second kappa shape index (κ2) is 4.49. The van der Waals surface area contributed by atoms with E-state index in [1.54, 1.807) is 11.2 Å². The van der Waals surface area contributed by atoms with Crippen molar-refractivity contribution in [2.45, 2.75) is 25.4 Å². The van der Waals surface area contributed by atoms with Crippen LogP contribution in [-0.2, 0) is 11.3 Å². The molecular formula is C11H16N2O2. The van der Waals surface area contributed by atoms with Crippen LogP contribution in [0, 0.1) is 0 Å². The fourth-order valence-electron chi connectivity index (χ4n) is 1.88. The summed E-state index contributed by atoms with van der Waals surface area (Å²) in [6.07, 6.45) is 3.66. The first-order chi connectivity index (χ1) is 7.27. The average Bonchev–Trinajstić information content (AvgIpc) is 2.88. The summed E-state index contributed by atoms with van der Waals surface area (Å²) in [5, 5.41) is 3.20. The Kier molecular flexibility index (Phi) is 3.06. The number of furan rings is 1. The van der Waals surface area contributed by atoms with Gasteiger partial charge in [-0.25, -0.2) is 0 Å². The highest BCUT2D eigenvalue weighted by molar-refractivity contribution is 5.81. The van der Waals surface area contributed by atoms with E-state index in [4.69, 9.17) is 4.42 Å². The molecule has 0 unspecified atom stereocenters. The number of likely N-dealkylation sites (N-methyl/N-ethyl adjacent to an activating group) is 1. The molecule has 4 heteroatoms. The summed E-state index contributed by atoms with van der Waals surface area (Å²) in [5.74, 6) is 0.979. The molecule has 1 atom stereocenters. The van der Waals surface area contributed by atoms with Crippen molar-refractivity contribution in [3.8, 4) is 0 Å². The first-order valence-electron chi connectivity index (χ1n) is 5.28. The molecule has 1 aromatic rings. The quantitative estimate of drug-likeness (QED) is 0.805. The van der Waals surface area contributed by atoms with Gasteiger partial charge in [-0.05, 0) is 31.5 Å². The molecule has 4 nitrogen and oxygen atoms in total. The SMILES string of the molecule is CN(Cc1ccco1)C(=O)[C@@H]1CCCN1. The number of hydrogen-bond acceptors (Lipinski definition) is 3. The van der Waals surface area contributed by atoms with E-state index in [9.17, 15) is 4.79 Å². The molecule has 1 aromatic heterocycles. The summed E-state index contributed by atoms with van der Waals surface area (Å²) in [6, 6.07) is 3.72. The third-order valence-electron chi connectivity index (χ3n) is 2.71. The van der Waals surface area contributed by atoms with E-state index in [2.05, 4.69) is 5.32 Å². The molecule has 2 heterocycles. The molecule has 1 amide bonds. The zero-order chi connectivity index (χ0) is 10.7. The minimum Gasteiger partial charge on any atom is -0.467 e. The van der Waals surface area contributed by atoms with Crippen molar-refractivity contribution in [2.24, 2.45) is 0 Å². The highest BCUT2D eigenvalue weighted by Gasteiger charge is 2.25. The van der Waals surface area contributed by atoms with Gasteiger partial charge in [0.05, 0.1) is 18.8 Å². The number of nitrogens with one attached hydrogen (secondary N) is 1. The Morgan fingerprint density at radius 1 is 1.73 bits per heavy atom. The minimum atomic E-state index is 0.00459. The lowest BCUT2D eigenvalue weighted by Crippen LogP contribution is -2.41. The molecule has 1 fully saturated rings. The van der Waals surface area contributed by atoms with Gasteiger partial charge >= 0.3 is 0 Å². The summed E-state index contributed by atoms with van der Waals surface area (Å²) in [6.45, 7) is 1.50. The number of nitrogens with zero attached hydrogens (tertiary/aromatic N) is 1. The summed E-state index contributed by atoms with van der Waals surface area (Å²) in [4.78, 5) is 13.6. The van der Waals surface area contributed by atoms with E-state index in [1.165, 1.54) is 0 Å². The zero-order valence-corrected chi connectivity index (χ0v) is 8.90. The van der Waals surface area contributed by atoms with Crippen LogP contribution in [0.5, 0.6) is 0 Å². The largest absolute Gasteiger partial charge is 0.467 e. The van der Waals surface area contributed by atoms with E-state index < -0.39 is 0 Å². The monoisotopic (exact) mass is 208 g/mol. The molecule has 0 saturated carbocycles. The van der Waals surface area contributed by atoms with Crippen LogP contribution in [0.3, 0.4) is 0 Å². The van der Waals surface area contributed by atoms with Crippen molar-refractivity contribution in [3.63, 3.8) is 0 Å². The van der Waals surface area contributed by atoms with Crippen molar-refractivity contribution in [3.05, 3.63) is 24.2 Å². The predicted octanol–water partition coefficient (Wildman–Crippen LogP) is 0.990. The maximum atomic E-state index is 11.9. The maximum Gasteiger partial charge on any atom is 0.239 e. The first-order valence-corrected chi connectivity index (χ1v) is 5.28. The highest BCUT2D eigenvalue weighted by atomic mass is 16.3. The predicted molar refractivity (Wildman–Crippen MR) is 56.2 cm³/mol. The standard InChI is InChI=1S/C11H16N2O2/c1-13(8-9-4-3-7-15-9)11(14)10-5-2-6-12-10/h3-4,7,10,12H,2,5-6,8H2,1H3/t10-/m0/s1. The number of carbonyl (C=O) groups excluding carboxylic acids is 1. The lowest BCUT2D eigenvalue weighted by molar-refractivity contribution is -0.132. The van der Waals surface area contributed by atoms with Gasteiger partial charge in [0, 0.05) is 7.05 Å². The summed E-state index contributed by atoms with van der Waals surface area (Å²) in [7, 11) is 1.81. The summed E-state index contributed by atoms with van der Waals surface area (Å²) < 4.78 is 5.20. The average molecular weight is 208 g/mol. The van der Waals surface area contributed by atoms with Crippen molar-refractivity contribution < 1.29 is 9.21 Å². The van der Waals surface area contributed by atoms with Crippen molar-refractivity contribution in [2.75, 3.05) is 13.6 Å². The second-order valence-corrected chi connectivity index (χ2v) is 3.92. The van der Waals surface area contributed by atoms with Crippen LogP contribution in [0.25, 0.3) is 0 Å².